The zero-order valence-electron chi connectivity index (χ0n) is 16.3. The van der Waals surface area contributed by atoms with Gasteiger partial charge < -0.3 is 10.1 Å². The highest BCUT2D eigenvalue weighted by atomic mass is 16.5. The van der Waals surface area contributed by atoms with Crippen molar-refractivity contribution >= 4 is 5.91 Å². The van der Waals surface area contributed by atoms with Gasteiger partial charge in [-0.05, 0) is 49.4 Å². The van der Waals surface area contributed by atoms with Crippen LogP contribution in [0, 0.1) is 13.8 Å². The van der Waals surface area contributed by atoms with Crippen molar-refractivity contribution < 1.29 is 9.53 Å². The molecule has 0 saturated heterocycles. The number of fused-ring (bicyclic) bond motifs is 1. The van der Waals surface area contributed by atoms with Crippen LogP contribution in [-0.2, 0) is 11.2 Å². The maximum Gasteiger partial charge on any atom is 0.224 e. The van der Waals surface area contributed by atoms with Gasteiger partial charge >= 0.3 is 0 Å². The number of ether oxygens (including phenoxy) is 1. The molecule has 26 heavy (non-hydrogen) atoms. The zero-order valence-corrected chi connectivity index (χ0v) is 16.3. The molecule has 2 aromatic carbocycles. The molecule has 1 amide bonds. The fraction of sp³-hybridized carbons (Fsp3) is 0.435. The molecule has 2 aromatic rings. The molecule has 0 fully saturated rings. The second-order valence-electron chi connectivity index (χ2n) is 7.45. The lowest BCUT2D eigenvalue weighted by Gasteiger charge is -2.41. The molecule has 3 nitrogen and oxygen atoms in total. The lowest BCUT2D eigenvalue weighted by Crippen LogP contribution is -2.44. The van der Waals surface area contributed by atoms with E-state index < -0.39 is 0 Å². The Labute approximate surface area is 156 Å². The number of para-hydroxylation sites is 1. The van der Waals surface area contributed by atoms with Crippen molar-refractivity contribution in [2.24, 2.45) is 0 Å². The van der Waals surface area contributed by atoms with E-state index in [4.69, 9.17) is 4.74 Å². The van der Waals surface area contributed by atoms with Gasteiger partial charge in [-0.25, -0.2) is 0 Å². The predicted octanol–water partition coefficient (Wildman–Crippen LogP) is 5.04. The van der Waals surface area contributed by atoms with Crippen LogP contribution in [-0.4, -0.2) is 11.5 Å². The number of hydrogen-bond donors (Lipinski definition) is 1. The monoisotopic (exact) mass is 351 g/mol. The van der Waals surface area contributed by atoms with E-state index in [9.17, 15) is 4.79 Å². The minimum Gasteiger partial charge on any atom is -0.487 e. The van der Waals surface area contributed by atoms with Gasteiger partial charge in [-0.15, -0.1) is 0 Å². The molecule has 3 heteroatoms. The molecule has 0 aliphatic carbocycles. The number of rotatable bonds is 5. The second-order valence-corrected chi connectivity index (χ2v) is 7.45. The Morgan fingerprint density at radius 2 is 1.85 bits per heavy atom. The summed E-state index contributed by atoms with van der Waals surface area (Å²) in [6.07, 6.45) is 3.09. The average molecular weight is 351 g/mol. The van der Waals surface area contributed by atoms with Crippen LogP contribution < -0.4 is 10.1 Å². The summed E-state index contributed by atoms with van der Waals surface area (Å²) in [6.45, 7) is 8.49. The Morgan fingerprint density at radius 3 is 2.54 bits per heavy atom. The molecule has 138 valence electrons. The van der Waals surface area contributed by atoms with Crippen molar-refractivity contribution in [1.29, 1.82) is 0 Å². The molecule has 1 heterocycles. The minimum absolute atomic E-state index is 0.00102. The third kappa shape index (κ3) is 3.77. The summed E-state index contributed by atoms with van der Waals surface area (Å²) in [4.78, 5) is 12.7. The van der Waals surface area contributed by atoms with Crippen LogP contribution in [0.25, 0.3) is 0 Å². The summed E-state index contributed by atoms with van der Waals surface area (Å²) in [5.74, 6) is 0.968. The van der Waals surface area contributed by atoms with E-state index in [2.05, 4.69) is 51.2 Å². The maximum atomic E-state index is 12.7. The van der Waals surface area contributed by atoms with Crippen molar-refractivity contribution in [3.8, 4) is 5.75 Å². The Hall–Kier alpha value is -2.29. The summed E-state index contributed by atoms with van der Waals surface area (Å²) >= 11 is 0. The summed E-state index contributed by atoms with van der Waals surface area (Å²) in [6, 6.07) is 14.3. The van der Waals surface area contributed by atoms with Gasteiger partial charge in [-0.2, -0.15) is 0 Å². The molecule has 1 unspecified atom stereocenters. The number of benzene rings is 2. The van der Waals surface area contributed by atoms with Gasteiger partial charge in [0.15, 0.2) is 0 Å². The predicted molar refractivity (Wildman–Crippen MR) is 106 cm³/mol. The average Bonchev–Trinajstić information content (AvgIpc) is 2.64. The number of nitrogens with one attached hydrogen (secondary N) is 1. The van der Waals surface area contributed by atoms with Crippen molar-refractivity contribution in [2.45, 2.75) is 65.0 Å². The fourth-order valence-electron chi connectivity index (χ4n) is 3.77. The lowest BCUT2D eigenvalue weighted by molar-refractivity contribution is -0.121. The van der Waals surface area contributed by atoms with Gasteiger partial charge in [-0.1, -0.05) is 50.2 Å². The summed E-state index contributed by atoms with van der Waals surface area (Å²) < 4.78 is 6.33. The van der Waals surface area contributed by atoms with Gasteiger partial charge in [0.05, 0.1) is 12.5 Å². The largest absolute Gasteiger partial charge is 0.487 e. The van der Waals surface area contributed by atoms with Crippen LogP contribution in [0.5, 0.6) is 5.75 Å². The van der Waals surface area contributed by atoms with Gasteiger partial charge in [0.1, 0.15) is 11.4 Å². The van der Waals surface area contributed by atoms with Crippen LogP contribution in [0.3, 0.4) is 0 Å². The molecule has 0 spiro atoms. The van der Waals surface area contributed by atoms with Gasteiger partial charge in [0.2, 0.25) is 5.91 Å². The highest BCUT2D eigenvalue weighted by Crippen LogP contribution is 2.42. The first-order valence-electron chi connectivity index (χ1n) is 9.60. The first kappa shape index (κ1) is 18.5. The third-order valence-electron chi connectivity index (χ3n) is 5.76. The molecule has 1 atom stereocenters. The number of hydrogen-bond acceptors (Lipinski definition) is 2. The summed E-state index contributed by atoms with van der Waals surface area (Å²) in [5, 5.41) is 3.26. The summed E-state index contributed by atoms with van der Waals surface area (Å²) in [7, 11) is 0. The van der Waals surface area contributed by atoms with Gasteiger partial charge in [0.25, 0.3) is 0 Å². The molecule has 0 bridgehead atoms. The number of carbonyl (C=O) groups excluding carboxylic acids is 1. The molecule has 1 N–H and O–H groups in total. The molecule has 0 radical (unpaired) electrons. The molecule has 1 aliphatic rings. The first-order valence-corrected chi connectivity index (χ1v) is 9.60. The molecule has 3 rings (SSSR count). The Morgan fingerprint density at radius 1 is 1.12 bits per heavy atom. The fourth-order valence-corrected chi connectivity index (χ4v) is 3.77. The number of amides is 1. The van der Waals surface area contributed by atoms with Crippen molar-refractivity contribution in [2.75, 3.05) is 0 Å². The van der Waals surface area contributed by atoms with E-state index in [1.807, 2.05) is 24.3 Å². The van der Waals surface area contributed by atoms with E-state index in [0.29, 0.717) is 6.42 Å². The quantitative estimate of drug-likeness (QED) is 0.819. The Balaban J connectivity index is 1.79. The van der Waals surface area contributed by atoms with Crippen LogP contribution in [0.15, 0.2) is 42.5 Å². The SMILES string of the molecule is CCC1(CC)CC(NC(=O)Cc2ccc(C)c(C)c2)c2ccccc2O1. The normalized spacial score (nSPS) is 17.9. The van der Waals surface area contributed by atoms with Crippen LogP contribution >= 0.6 is 0 Å². The molecular formula is C23H29NO2. The Kier molecular flexibility index (Phi) is 5.36. The van der Waals surface area contributed by atoms with E-state index >= 15 is 0 Å². The number of carbonyl (C=O) groups is 1. The number of aryl methyl sites for hydroxylation is 2. The molecule has 0 aromatic heterocycles. The highest BCUT2D eigenvalue weighted by molar-refractivity contribution is 5.79. The van der Waals surface area contributed by atoms with Crippen LogP contribution in [0.2, 0.25) is 0 Å². The van der Waals surface area contributed by atoms with Crippen LogP contribution in [0.4, 0.5) is 0 Å². The maximum absolute atomic E-state index is 12.7. The second kappa shape index (κ2) is 7.53. The standard InChI is InChI=1S/C23H29NO2/c1-5-23(6-2)15-20(19-9-7-8-10-21(19)26-23)24-22(25)14-18-12-11-16(3)17(4)13-18/h7-13,20H,5-6,14-15H2,1-4H3,(H,24,25). The minimum atomic E-state index is -0.202. The molecule has 1 aliphatic heterocycles. The first-order chi connectivity index (χ1) is 12.5. The van der Waals surface area contributed by atoms with E-state index in [-0.39, 0.29) is 17.6 Å². The van der Waals surface area contributed by atoms with Gasteiger partial charge in [-0.3, -0.25) is 4.79 Å². The van der Waals surface area contributed by atoms with E-state index in [0.717, 1.165) is 36.1 Å². The zero-order chi connectivity index (χ0) is 18.7. The molecular weight excluding hydrogens is 322 g/mol. The third-order valence-corrected chi connectivity index (χ3v) is 5.76. The van der Waals surface area contributed by atoms with E-state index in [1.54, 1.807) is 0 Å². The van der Waals surface area contributed by atoms with Crippen molar-refractivity contribution in [3.63, 3.8) is 0 Å². The topological polar surface area (TPSA) is 38.3 Å². The van der Waals surface area contributed by atoms with Crippen molar-refractivity contribution in [3.05, 3.63) is 64.7 Å². The Bertz CT molecular complexity index is 793. The summed E-state index contributed by atoms with van der Waals surface area (Å²) in [5.41, 5.74) is 4.42. The molecule has 0 saturated carbocycles. The van der Waals surface area contributed by atoms with Gasteiger partial charge in [0, 0.05) is 12.0 Å². The highest BCUT2D eigenvalue weighted by Gasteiger charge is 2.38. The smallest absolute Gasteiger partial charge is 0.224 e. The van der Waals surface area contributed by atoms with Crippen LogP contribution in [0.1, 0.15) is 61.4 Å². The van der Waals surface area contributed by atoms with E-state index in [1.165, 1.54) is 11.1 Å². The lowest BCUT2D eigenvalue weighted by atomic mass is 9.83. The van der Waals surface area contributed by atoms with Crippen molar-refractivity contribution in [1.82, 2.24) is 5.32 Å².